The van der Waals surface area contributed by atoms with E-state index < -0.39 is 0 Å². The standard InChI is InChI=1S/C30H38BrClN4O2/c1-19-14-20(25-17-36(34-33-25)26-16-22(32)9-10-24(26)31)12-13-35(19)28(37)18-38-27-11-8-21(29(2,3)4)15-23(27)30(5,6)7/h8-11,15-17,19-20H,12-14,18H2,1-7H3. The van der Waals surface area contributed by atoms with Crippen molar-refractivity contribution in [1.29, 1.82) is 0 Å². The van der Waals surface area contributed by atoms with Gasteiger partial charge in [0.05, 0.1) is 17.6 Å². The highest BCUT2D eigenvalue weighted by atomic mass is 79.9. The SMILES string of the molecule is CC1CC(c2cn(-c3cc(Cl)ccc3Br)nn2)CCN1C(=O)COc1ccc(C(C)(C)C)cc1C(C)(C)C. The Morgan fingerprint density at radius 3 is 2.50 bits per heavy atom. The summed E-state index contributed by atoms with van der Waals surface area (Å²) in [5.74, 6) is 1.03. The normalized spacial score (nSPS) is 18.5. The Kier molecular flexibility index (Phi) is 8.29. The molecule has 8 heteroatoms. The lowest BCUT2D eigenvalue weighted by atomic mass is 9.80. The number of halogens is 2. The van der Waals surface area contributed by atoms with Gasteiger partial charge in [-0.05, 0) is 81.9 Å². The van der Waals surface area contributed by atoms with E-state index in [1.165, 1.54) is 5.56 Å². The van der Waals surface area contributed by atoms with Crippen LogP contribution in [0.5, 0.6) is 5.75 Å². The summed E-state index contributed by atoms with van der Waals surface area (Å²) in [5.41, 5.74) is 4.11. The number of amides is 1. The third kappa shape index (κ3) is 6.42. The lowest BCUT2D eigenvalue weighted by Gasteiger charge is -2.37. The van der Waals surface area contributed by atoms with E-state index in [1.54, 1.807) is 4.68 Å². The molecule has 4 rings (SSSR count). The van der Waals surface area contributed by atoms with Crippen molar-refractivity contribution in [3.8, 4) is 11.4 Å². The van der Waals surface area contributed by atoms with E-state index >= 15 is 0 Å². The Hall–Kier alpha value is -2.38. The van der Waals surface area contributed by atoms with Crippen molar-refractivity contribution in [2.75, 3.05) is 13.2 Å². The summed E-state index contributed by atoms with van der Waals surface area (Å²) in [5, 5.41) is 9.42. The number of carbonyl (C=O) groups is 1. The van der Waals surface area contributed by atoms with Crippen LogP contribution in [0.25, 0.3) is 5.69 Å². The number of benzene rings is 2. The molecule has 1 aliphatic heterocycles. The second kappa shape index (κ2) is 11.0. The molecule has 3 aromatic rings. The average molecular weight is 602 g/mol. The maximum Gasteiger partial charge on any atom is 0.260 e. The molecule has 6 nitrogen and oxygen atoms in total. The number of nitrogens with zero attached hydrogens (tertiary/aromatic N) is 4. The Balaban J connectivity index is 1.40. The summed E-state index contributed by atoms with van der Waals surface area (Å²) in [6, 6.07) is 12.0. The monoisotopic (exact) mass is 600 g/mol. The van der Waals surface area contributed by atoms with Gasteiger partial charge in [0.2, 0.25) is 0 Å². The zero-order valence-electron chi connectivity index (χ0n) is 23.4. The highest BCUT2D eigenvalue weighted by Gasteiger charge is 2.32. The molecule has 204 valence electrons. The molecule has 2 heterocycles. The summed E-state index contributed by atoms with van der Waals surface area (Å²) < 4.78 is 8.79. The van der Waals surface area contributed by atoms with E-state index in [0.717, 1.165) is 40.0 Å². The fraction of sp³-hybridized carbons (Fsp3) is 0.500. The number of carbonyl (C=O) groups excluding carboxylic acids is 1. The fourth-order valence-electron chi connectivity index (χ4n) is 4.99. The first-order valence-electron chi connectivity index (χ1n) is 13.2. The molecule has 2 atom stereocenters. The lowest BCUT2D eigenvalue weighted by Crippen LogP contribution is -2.46. The molecule has 0 bridgehead atoms. The van der Waals surface area contributed by atoms with Crippen molar-refractivity contribution < 1.29 is 9.53 Å². The van der Waals surface area contributed by atoms with Crippen LogP contribution in [0.3, 0.4) is 0 Å². The van der Waals surface area contributed by atoms with E-state index in [9.17, 15) is 4.79 Å². The summed E-state index contributed by atoms with van der Waals surface area (Å²) in [6.07, 6.45) is 3.62. The number of hydrogen-bond acceptors (Lipinski definition) is 4. The molecule has 1 saturated heterocycles. The predicted molar refractivity (Wildman–Crippen MR) is 157 cm³/mol. The van der Waals surface area contributed by atoms with Crippen LogP contribution in [0.4, 0.5) is 0 Å². The van der Waals surface area contributed by atoms with Crippen molar-refractivity contribution in [1.82, 2.24) is 19.9 Å². The topological polar surface area (TPSA) is 60.2 Å². The molecule has 0 N–H and O–H groups in total. The Morgan fingerprint density at radius 1 is 1.11 bits per heavy atom. The van der Waals surface area contributed by atoms with Gasteiger partial charge in [-0.15, -0.1) is 5.10 Å². The van der Waals surface area contributed by atoms with Crippen LogP contribution in [0.1, 0.15) is 84.0 Å². The average Bonchev–Trinajstić information content (AvgIpc) is 3.33. The third-order valence-electron chi connectivity index (χ3n) is 7.29. The van der Waals surface area contributed by atoms with Crippen LogP contribution >= 0.6 is 27.5 Å². The van der Waals surface area contributed by atoms with Crippen LogP contribution in [-0.2, 0) is 15.6 Å². The largest absolute Gasteiger partial charge is 0.483 e. The van der Waals surface area contributed by atoms with Crippen molar-refractivity contribution in [2.45, 2.75) is 84.1 Å². The molecule has 0 saturated carbocycles. The Morgan fingerprint density at radius 2 is 1.84 bits per heavy atom. The maximum atomic E-state index is 13.2. The van der Waals surface area contributed by atoms with Gasteiger partial charge in [-0.2, -0.15) is 0 Å². The molecule has 1 fully saturated rings. The molecule has 38 heavy (non-hydrogen) atoms. The van der Waals surface area contributed by atoms with Crippen molar-refractivity contribution in [3.05, 3.63) is 68.9 Å². The van der Waals surface area contributed by atoms with Crippen LogP contribution in [0.2, 0.25) is 5.02 Å². The molecule has 1 aliphatic rings. The molecular weight excluding hydrogens is 564 g/mol. The second-order valence-electron chi connectivity index (χ2n) is 12.3. The first-order chi connectivity index (χ1) is 17.7. The number of rotatable bonds is 5. The van der Waals surface area contributed by atoms with Gasteiger partial charge < -0.3 is 9.64 Å². The Labute approximate surface area is 239 Å². The second-order valence-corrected chi connectivity index (χ2v) is 13.6. The highest BCUT2D eigenvalue weighted by Crippen LogP contribution is 2.36. The summed E-state index contributed by atoms with van der Waals surface area (Å²) in [4.78, 5) is 15.2. The van der Waals surface area contributed by atoms with Crippen LogP contribution < -0.4 is 4.74 Å². The Bertz CT molecular complexity index is 1310. The molecule has 2 aromatic carbocycles. The molecule has 0 spiro atoms. The van der Waals surface area contributed by atoms with Crippen LogP contribution in [0.15, 0.2) is 47.1 Å². The number of piperidine rings is 1. The van der Waals surface area contributed by atoms with Crippen LogP contribution in [0, 0.1) is 0 Å². The molecule has 1 amide bonds. The molecular formula is C30H38BrClN4O2. The van der Waals surface area contributed by atoms with Gasteiger partial charge in [0.15, 0.2) is 6.61 Å². The summed E-state index contributed by atoms with van der Waals surface area (Å²) >= 11 is 9.74. The molecule has 2 unspecified atom stereocenters. The van der Waals surface area contributed by atoms with Gasteiger partial charge in [-0.3, -0.25) is 4.79 Å². The highest BCUT2D eigenvalue weighted by molar-refractivity contribution is 9.10. The van der Waals surface area contributed by atoms with E-state index in [2.05, 4.69) is 86.8 Å². The lowest BCUT2D eigenvalue weighted by molar-refractivity contribution is -0.136. The van der Waals surface area contributed by atoms with Crippen molar-refractivity contribution in [2.24, 2.45) is 0 Å². The van der Waals surface area contributed by atoms with E-state index in [1.807, 2.05) is 35.4 Å². The van der Waals surface area contributed by atoms with Gasteiger partial charge >= 0.3 is 0 Å². The zero-order valence-corrected chi connectivity index (χ0v) is 25.7. The van der Waals surface area contributed by atoms with Gasteiger partial charge in [-0.1, -0.05) is 70.5 Å². The van der Waals surface area contributed by atoms with E-state index in [4.69, 9.17) is 16.3 Å². The number of aromatic nitrogens is 3. The quantitative estimate of drug-likeness (QED) is 0.305. The molecule has 0 radical (unpaired) electrons. The van der Waals surface area contributed by atoms with Crippen LogP contribution in [-0.4, -0.2) is 45.0 Å². The van der Waals surface area contributed by atoms with Crippen molar-refractivity contribution in [3.63, 3.8) is 0 Å². The minimum atomic E-state index is -0.0939. The van der Waals surface area contributed by atoms with E-state index in [-0.39, 0.29) is 35.3 Å². The first-order valence-corrected chi connectivity index (χ1v) is 14.4. The maximum absolute atomic E-state index is 13.2. The molecule has 0 aliphatic carbocycles. The summed E-state index contributed by atoms with van der Waals surface area (Å²) in [6.45, 7) is 16.0. The van der Waals surface area contributed by atoms with Gasteiger partial charge in [0.1, 0.15) is 5.75 Å². The number of ether oxygens (including phenoxy) is 1. The van der Waals surface area contributed by atoms with Gasteiger partial charge in [-0.25, -0.2) is 4.68 Å². The molecule has 1 aromatic heterocycles. The van der Waals surface area contributed by atoms with Crippen molar-refractivity contribution >= 4 is 33.4 Å². The number of hydrogen-bond donors (Lipinski definition) is 0. The minimum absolute atomic E-state index is 0.0159. The van der Waals surface area contributed by atoms with E-state index in [0.29, 0.717) is 11.6 Å². The zero-order chi connectivity index (χ0) is 27.8. The smallest absolute Gasteiger partial charge is 0.260 e. The minimum Gasteiger partial charge on any atom is -0.483 e. The van der Waals surface area contributed by atoms with Gasteiger partial charge in [0, 0.05) is 28.0 Å². The predicted octanol–water partition coefficient (Wildman–Crippen LogP) is 7.45. The summed E-state index contributed by atoms with van der Waals surface area (Å²) in [7, 11) is 0. The third-order valence-corrected chi connectivity index (χ3v) is 8.19. The number of likely N-dealkylation sites (tertiary alicyclic amines) is 1. The van der Waals surface area contributed by atoms with Gasteiger partial charge in [0.25, 0.3) is 5.91 Å². The fourth-order valence-corrected chi connectivity index (χ4v) is 5.58. The first kappa shape index (κ1) is 28.6.